The second-order valence-electron chi connectivity index (χ2n) is 8.24. The molecule has 9 heteroatoms. The number of aliphatic hydroxyl groups excluding tert-OH is 1. The first-order valence-corrected chi connectivity index (χ1v) is 11.5. The molecule has 0 aromatic heterocycles. The molecule has 1 atom stereocenters. The third-order valence-electron chi connectivity index (χ3n) is 6.14. The zero-order chi connectivity index (χ0) is 24.2. The molecule has 180 valence electrons. The fourth-order valence-electron chi connectivity index (χ4n) is 4.40. The van der Waals surface area contributed by atoms with Crippen LogP contribution < -0.4 is 4.74 Å². The molecule has 0 saturated carbocycles. The van der Waals surface area contributed by atoms with Gasteiger partial charge in [-0.1, -0.05) is 23.7 Å². The summed E-state index contributed by atoms with van der Waals surface area (Å²) >= 11 is 6.06. The number of likely N-dealkylation sites (tertiary alicyclic amines) is 1. The van der Waals surface area contributed by atoms with Crippen molar-refractivity contribution < 1.29 is 29.3 Å². The molecule has 2 aromatic rings. The standard InChI is InChI=1S/C25H27ClN2O6/c1-33-18-5-2-4-16(14-18)22-21(23(30)19-15-17(26)6-7-20(19)29)24(31)25(32)28(22)9-3-8-27-10-12-34-13-11-27/h2,4-7,14-15,22,29-30H,3,8-13H2,1H3. The van der Waals surface area contributed by atoms with Gasteiger partial charge in [0.15, 0.2) is 0 Å². The number of amides is 1. The Morgan fingerprint density at radius 2 is 1.91 bits per heavy atom. The van der Waals surface area contributed by atoms with E-state index >= 15 is 0 Å². The van der Waals surface area contributed by atoms with Gasteiger partial charge < -0.3 is 24.6 Å². The first-order valence-electron chi connectivity index (χ1n) is 11.1. The SMILES string of the molecule is COc1cccc(C2C(=C(O)c3cc(Cl)ccc3O)C(=O)C(=O)N2CCCN2CCOCC2)c1. The average molecular weight is 487 g/mol. The smallest absolute Gasteiger partial charge is 0.295 e. The van der Waals surface area contributed by atoms with Crippen molar-refractivity contribution >= 4 is 29.1 Å². The molecule has 2 aromatic carbocycles. The number of benzene rings is 2. The summed E-state index contributed by atoms with van der Waals surface area (Å²) in [7, 11) is 1.53. The van der Waals surface area contributed by atoms with Crippen LogP contribution in [0.5, 0.6) is 11.5 Å². The highest BCUT2D eigenvalue weighted by atomic mass is 35.5. The maximum atomic E-state index is 13.1. The summed E-state index contributed by atoms with van der Waals surface area (Å²) in [5, 5.41) is 21.7. The Kier molecular flexibility index (Phi) is 7.41. The predicted molar refractivity (Wildman–Crippen MR) is 127 cm³/mol. The molecule has 2 N–H and O–H groups in total. The molecular formula is C25H27ClN2O6. The molecule has 8 nitrogen and oxygen atoms in total. The van der Waals surface area contributed by atoms with Crippen LogP contribution in [0.1, 0.15) is 23.6 Å². The maximum Gasteiger partial charge on any atom is 0.295 e. The van der Waals surface area contributed by atoms with Crippen molar-refractivity contribution in [3.63, 3.8) is 0 Å². The van der Waals surface area contributed by atoms with Crippen LogP contribution in [0.25, 0.3) is 5.76 Å². The van der Waals surface area contributed by atoms with Gasteiger partial charge in [-0.15, -0.1) is 0 Å². The minimum absolute atomic E-state index is 0.00767. The summed E-state index contributed by atoms with van der Waals surface area (Å²) in [6.07, 6.45) is 0.649. The molecule has 1 unspecified atom stereocenters. The highest BCUT2D eigenvalue weighted by molar-refractivity contribution is 6.46. The van der Waals surface area contributed by atoms with Crippen molar-refractivity contribution in [3.05, 3.63) is 64.2 Å². The molecule has 0 radical (unpaired) electrons. The van der Waals surface area contributed by atoms with Gasteiger partial charge in [0.05, 0.1) is 37.5 Å². The molecule has 2 aliphatic heterocycles. The Balaban J connectivity index is 1.72. The fraction of sp³-hybridized carbons (Fsp3) is 0.360. The summed E-state index contributed by atoms with van der Waals surface area (Å²) < 4.78 is 10.7. The number of hydrogen-bond acceptors (Lipinski definition) is 7. The van der Waals surface area contributed by atoms with Crippen LogP contribution in [-0.4, -0.2) is 78.2 Å². The lowest BCUT2D eigenvalue weighted by Gasteiger charge is -2.29. The molecule has 34 heavy (non-hydrogen) atoms. The molecular weight excluding hydrogens is 460 g/mol. The number of halogens is 1. The molecule has 2 fully saturated rings. The number of aromatic hydroxyl groups is 1. The van der Waals surface area contributed by atoms with Crippen molar-refractivity contribution in [1.29, 1.82) is 0 Å². The first kappa shape index (κ1) is 24.1. The van der Waals surface area contributed by atoms with E-state index in [2.05, 4.69) is 4.90 Å². The van der Waals surface area contributed by atoms with Crippen molar-refractivity contribution in [2.45, 2.75) is 12.5 Å². The van der Waals surface area contributed by atoms with Crippen LogP contribution in [0.2, 0.25) is 5.02 Å². The van der Waals surface area contributed by atoms with Gasteiger partial charge in [0.25, 0.3) is 11.7 Å². The van der Waals surface area contributed by atoms with Crippen molar-refractivity contribution in [2.24, 2.45) is 0 Å². The number of ether oxygens (including phenoxy) is 2. The van der Waals surface area contributed by atoms with Gasteiger partial charge in [0, 0.05) is 31.2 Å². The molecule has 2 heterocycles. The van der Waals surface area contributed by atoms with Gasteiger partial charge in [-0.3, -0.25) is 14.5 Å². The number of phenols is 1. The van der Waals surface area contributed by atoms with Gasteiger partial charge in [-0.25, -0.2) is 0 Å². The number of carbonyl (C=O) groups excluding carboxylic acids is 2. The van der Waals surface area contributed by atoms with E-state index in [-0.39, 0.29) is 21.9 Å². The highest BCUT2D eigenvalue weighted by Crippen LogP contribution is 2.42. The van der Waals surface area contributed by atoms with E-state index in [4.69, 9.17) is 21.1 Å². The number of nitrogens with zero attached hydrogens (tertiary/aromatic N) is 2. The van der Waals surface area contributed by atoms with Gasteiger partial charge in [0.2, 0.25) is 0 Å². The Morgan fingerprint density at radius 1 is 1.15 bits per heavy atom. The summed E-state index contributed by atoms with van der Waals surface area (Å²) in [6, 6.07) is 10.4. The van der Waals surface area contributed by atoms with Crippen molar-refractivity contribution in [2.75, 3.05) is 46.5 Å². The zero-order valence-electron chi connectivity index (χ0n) is 18.9. The topological polar surface area (TPSA) is 99.5 Å². The Labute approximate surface area is 202 Å². The van der Waals surface area contributed by atoms with E-state index < -0.39 is 23.5 Å². The first-order chi connectivity index (χ1) is 16.4. The van der Waals surface area contributed by atoms with E-state index in [1.165, 1.54) is 30.2 Å². The number of ketones is 1. The third kappa shape index (κ3) is 4.89. The van der Waals surface area contributed by atoms with Gasteiger partial charge in [0.1, 0.15) is 17.3 Å². The van der Waals surface area contributed by atoms with E-state index in [0.29, 0.717) is 37.5 Å². The van der Waals surface area contributed by atoms with Crippen LogP contribution in [0.4, 0.5) is 0 Å². The largest absolute Gasteiger partial charge is 0.507 e. The predicted octanol–water partition coefficient (Wildman–Crippen LogP) is 3.20. The summed E-state index contributed by atoms with van der Waals surface area (Å²) in [5.41, 5.74) is 0.516. The van der Waals surface area contributed by atoms with E-state index in [9.17, 15) is 19.8 Å². The number of phenolic OH excluding ortho intramolecular Hbond substituents is 1. The average Bonchev–Trinajstić information content (AvgIpc) is 3.11. The van der Waals surface area contributed by atoms with Crippen LogP contribution in [0, 0.1) is 0 Å². The number of rotatable bonds is 7. The number of Topliss-reactive ketones (excluding diaryl/α,β-unsaturated/α-hetero) is 1. The number of carbonyl (C=O) groups is 2. The van der Waals surface area contributed by atoms with Gasteiger partial charge in [-0.05, 0) is 42.3 Å². The second kappa shape index (κ2) is 10.5. The monoisotopic (exact) mass is 486 g/mol. The number of hydrogen-bond donors (Lipinski definition) is 2. The Morgan fingerprint density at radius 3 is 2.65 bits per heavy atom. The second-order valence-corrected chi connectivity index (χ2v) is 8.67. The molecule has 0 aliphatic carbocycles. The number of aliphatic hydroxyl groups is 1. The van der Waals surface area contributed by atoms with Gasteiger partial charge >= 0.3 is 0 Å². The summed E-state index contributed by atoms with van der Waals surface area (Å²) in [4.78, 5) is 30.0. The lowest BCUT2D eigenvalue weighted by molar-refractivity contribution is -0.140. The van der Waals surface area contributed by atoms with Crippen LogP contribution in [0.3, 0.4) is 0 Å². The maximum absolute atomic E-state index is 13.1. The Hall–Kier alpha value is -3.07. The van der Waals surface area contributed by atoms with Crippen LogP contribution >= 0.6 is 11.6 Å². The number of methoxy groups -OCH3 is 1. The lowest BCUT2D eigenvalue weighted by atomic mass is 9.95. The molecule has 0 spiro atoms. The lowest BCUT2D eigenvalue weighted by Crippen LogP contribution is -2.38. The summed E-state index contributed by atoms with van der Waals surface area (Å²) in [6.45, 7) is 4.08. The van der Waals surface area contributed by atoms with E-state index in [0.717, 1.165) is 19.6 Å². The molecule has 4 rings (SSSR count). The quantitative estimate of drug-likeness (QED) is 0.352. The minimum Gasteiger partial charge on any atom is -0.507 e. The fourth-order valence-corrected chi connectivity index (χ4v) is 4.57. The van der Waals surface area contributed by atoms with E-state index in [1.54, 1.807) is 24.3 Å². The van der Waals surface area contributed by atoms with Crippen molar-refractivity contribution in [1.82, 2.24) is 9.80 Å². The number of morpholine rings is 1. The van der Waals surface area contributed by atoms with Crippen molar-refractivity contribution in [3.8, 4) is 11.5 Å². The molecule has 0 bridgehead atoms. The minimum atomic E-state index is -0.835. The Bertz CT molecular complexity index is 1110. The molecule has 2 aliphatic rings. The normalized spacial score (nSPS) is 20.6. The zero-order valence-corrected chi connectivity index (χ0v) is 19.6. The third-order valence-corrected chi connectivity index (χ3v) is 6.38. The van der Waals surface area contributed by atoms with Crippen LogP contribution in [0.15, 0.2) is 48.0 Å². The van der Waals surface area contributed by atoms with E-state index in [1.807, 2.05) is 0 Å². The molecule has 1 amide bonds. The highest BCUT2D eigenvalue weighted by Gasteiger charge is 2.46. The van der Waals surface area contributed by atoms with Crippen LogP contribution in [-0.2, 0) is 14.3 Å². The molecule has 2 saturated heterocycles. The van der Waals surface area contributed by atoms with Gasteiger partial charge in [-0.2, -0.15) is 0 Å². The summed E-state index contributed by atoms with van der Waals surface area (Å²) in [5.74, 6) is -1.66.